The van der Waals surface area contributed by atoms with Crippen LogP contribution in [0, 0.1) is 22.2 Å². The molecule has 5 nitrogen and oxygen atoms in total. The summed E-state index contributed by atoms with van der Waals surface area (Å²) < 4.78 is 0. The lowest BCUT2D eigenvalue weighted by atomic mass is 9.89. The van der Waals surface area contributed by atoms with E-state index in [9.17, 15) is 5.11 Å². The summed E-state index contributed by atoms with van der Waals surface area (Å²) in [5.41, 5.74) is 5.58. The minimum absolute atomic E-state index is 0.121. The first-order valence-electron chi connectivity index (χ1n) is 5.38. The topological polar surface area (TPSA) is 106 Å². The molecule has 1 aromatic carbocycles. The molecule has 5 N–H and O–H groups in total. The first-order chi connectivity index (χ1) is 8.35. The van der Waals surface area contributed by atoms with Gasteiger partial charge >= 0.3 is 0 Å². The smallest absolute Gasteiger partial charge is 0.117 e. The summed E-state index contributed by atoms with van der Waals surface area (Å²) in [5.74, 6) is 0.370. The second kappa shape index (κ2) is 5.23. The second-order valence-electron chi connectivity index (χ2n) is 4.43. The van der Waals surface area contributed by atoms with Gasteiger partial charge in [0, 0.05) is 17.8 Å². The highest BCUT2D eigenvalue weighted by molar-refractivity contribution is 5.99. The zero-order valence-electron chi connectivity index (χ0n) is 10.4. The highest BCUT2D eigenvalue weighted by Crippen LogP contribution is 2.18. The van der Waals surface area contributed by atoms with Gasteiger partial charge in [-0.3, -0.25) is 0 Å². The number of anilines is 1. The number of hydrogen-bond donors (Lipinski definition) is 4. The molecule has 0 atom stereocenters. The van der Waals surface area contributed by atoms with Crippen molar-refractivity contribution in [3.05, 3.63) is 36.2 Å². The van der Waals surface area contributed by atoms with Crippen molar-refractivity contribution in [2.24, 2.45) is 11.1 Å². The van der Waals surface area contributed by atoms with Crippen molar-refractivity contribution in [3.63, 3.8) is 0 Å². The van der Waals surface area contributed by atoms with Gasteiger partial charge in [0.2, 0.25) is 0 Å². The Labute approximate surface area is 106 Å². The lowest BCUT2D eigenvalue weighted by molar-refractivity contribution is 0.475. The highest BCUT2D eigenvalue weighted by atomic mass is 16.3. The van der Waals surface area contributed by atoms with E-state index in [1.165, 1.54) is 12.1 Å². The number of nitrogens with two attached hydrogens (primary N) is 1. The molecule has 0 saturated carbocycles. The van der Waals surface area contributed by atoms with Gasteiger partial charge in [-0.1, -0.05) is 6.07 Å². The molecular formula is C13H16N4O. The average molecular weight is 244 g/mol. The van der Waals surface area contributed by atoms with Crippen LogP contribution in [0.4, 0.5) is 5.69 Å². The Morgan fingerprint density at radius 3 is 2.78 bits per heavy atom. The van der Waals surface area contributed by atoms with Gasteiger partial charge < -0.3 is 21.6 Å². The third-order valence-corrected chi connectivity index (χ3v) is 2.39. The number of hydrogen-bond acceptors (Lipinski definition) is 5. The largest absolute Gasteiger partial charge is 0.508 e. The molecule has 0 unspecified atom stereocenters. The van der Waals surface area contributed by atoms with E-state index in [1.54, 1.807) is 32.0 Å². The molecule has 0 aliphatic rings. The van der Waals surface area contributed by atoms with Crippen molar-refractivity contribution in [2.75, 3.05) is 5.32 Å². The first-order valence-corrected chi connectivity index (χ1v) is 5.38. The van der Waals surface area contributed by atoms with E-state index in [0.717, 1.165) is 0 Å². The summed E-state index contributed by atoms with van der Waals surface area (Å²) in [5, 5.41) is 28.8. The summed E-state index contributed by atoms with van der Waals surface area (Å²) in [6.45, 7) is 3.29. The SMILES string of the molecule is CC(C)(C#N)C(=N)/C=C(/N)Nc1cccc(O)c1. The maximum atomic E-state index is 9.29. The number of phenols is 1. The molecule has 5 heteroatoms. The maximum Gasteiger partial charge on any atom is 0.117 e. The third-order valence-electron chi connectivity index (χ3n) is 2.39. The van der Waals surface area contributed by atoms with Crippen molar-refractivity contribution in [1.82, 2.24) is 0 Å². The summed E-state index contributed by atoms with van der Waals surface area (Å²) in [6.07, 6.45) is 1.40. The fourth-order valence-electron chi connectivity index (χ4n) is 1.18. The summed E-state index contributed by atoms with van der Waals surface area (Å²) in [7, 11) is 0. The summed E-state index contributed by atoms with van der Waals surface area (Å²) in [6, 6.07) is 8.50. The predicted molar refractivity (Wildman–Crippen MR) is 71.1 cm³/mol. The van der Waals surface area contributed by atoms with Gasteiger partial charge in [-0.15, -0.1) is 0 Å². The highest BCUT2D eigenvalue weighted by Gasteiger charge is 2.21. The zero-order chi connectivity index (χ0) is 13.8. The summed E-state index contributed by atoms with van der Waals surface area (Å²) in [4.78, 5) is 0. The molecule has 0 radical (unpaired) electrons. The van der Waals surface area contributed by atoms with Crippen LogP contribution in [-0.4, -0.2) is 10.8 Å². The Bertz CT molecular complexity index is 526. The zero-order valence-corrected chi connectivity index (χ0v) is 10.4. The number of aromatic hydroxyl groups is 1. The Kier molecular flexibility index (Phi) is 3.95. The standard InChI is InChI=1S/C13H16N4O/c1-13(2,8-14)11(15)7-12(16)17-9-4-3-5-10(18)6-9/h3-7,15,17-18H,16H2,1-2H3/b12-7-,15-11?. The van der Waals surface area contributed by atoms with Crippen LogP contribution in [0.2, 0.25) is 0 Å². The number of nitrogens with zero attached hydrogens (tertiary/aromatic N) is 1. The van der Waals surface area contributed by atoms with E-state index in [2.05, 4.69) is 5.32 Å². The van der Waals surface area contributed by atoms with Crippen LogP contribution in [0.5, 0.6) is 5.75 Å². The Morgan fingerprint density at radius 1 is 1.56 bits per heavy atom. The van der Waals surface area contributed by atoms with Gasteiger partial charge in [-0.2, -0.15) is 5.26 Å². The number of allylic oxidation sites excluding steroid dienone is 1. The molecule has 0 aliphatic heterocycles. The molecule has 0 aliphatic carbocycles. The van der Waals surface area contributed by atoms with Crippen LogP contribution in [-0.2, 0) is 0 Å². The van der Waals surface area contributed by atoms with Crippen molar-refractivity contribution >= 4 is 11.4 Å². The molecule has 1 aromatic rings. The molecule has 0 bridgehead atoms. The van der Waals surface area contributed by atoms with Gasteiger partial charge in [-0.25, -0.2) is 0 Å². The number of rotatable bonds is 4. The normalized spacial score (nSPS) is 11.7. The number of phenolic OH excluding ortho intramolecular Hbond substituents is 1. The second-order valence-corrected chi connectivity index (χ2v) is 4.43. The third kappa shape index (κ3) is 3.52. The van der Waals surface area contributed by atoms with Crippen LogP contribution < -0.4 is 11.1 Å². The predicted octanol–water partition coefficient (Wildman–Crippen LogP) is 2.17. The Balaban J connectivity index is 2.81. The van der Waals surface area contributed by atoms with Gasteiger partial charge in [0.1, 0.15) is 11.6 Å². The first kappa shape index (κ1) is 13.6. The van der Waals surface area contributed by atoms with Crippen molar-refractivity contribution in [1.29, 1.82) is 10.7 Å². The van der Waals surface area contributed by atoms with E-state index in [4.69, 9.17) is 16.4 Å². The Hall–Kier alpha value is -2.48. The molecule has 0 heterocycles. The van der Waals surface area contributed by atoms with Crippen molar-refractivity contribution in [3.8, 4) is 11.8 Å². The minimum atomic E-state index is -0.884. The van der Waals surface area contributed by atoms with E-state index >= 15 is 0 Å². The van der Waals surface area contributed by atoms with E-state index in [0.29, 0.717) is 5.69 Å². The van der Waals surface area contributed by atoms with Crippen molar-refractivity contribution in [2.45, 2.75) is 13.8 Å². The lowest BCUT2D eigenvalue weighted by Crippen LogP contribution is -2.22. The molecule has 18 heavy (non-hydrogen) atoms. The van der Waals surface area contributed by atoms with Gasteiger partial charge in [0.05, 0.1) is 17.2 Å². The van der Waals surface area contributed by atoms with E-state index in [-0.39, 0.29) is 17.3 Å². The van der Waals surface area contributed by atoms with Crippen molar-refractivity contribution < 1.29 is 5.11 Å². The van der Waals surface area contributed by atoms with Gasteiger partial charge in [-0.05, 0) is 26.0 Å². The number of benzene rings is 1. The van der Waals surface area contributed by atoms with Gasteiger partial charge in [0.15, 0.2) is 0 Å². The average Bonchev–Trinajstić information content (AvgIpc) is 2.28. The Morgan fingerprint density at radius 2 is 2.22 bits per heavy atom. The monoisotopic (exact) mass is 244 g/mol. The molecular weight excluding hydrogens is 228 g/mol. The lowest BCUT2D eigenvalue weighted by Gasteiger charge is -2.14. The van der Waals surface area contributed by atoms with Gasteiger partial charge in [0.25, 0.3) is 0 Å². The van der Waals surface area contributed by atoms with Crippen LogP contribution in [0.15, 0.2) is 36.2 Å². The fraction of sp³-hybridized carbons (Fsp3) is 0.231. The van der Waals surface area contributed by atoms with Crippen LogP contribution >= 0.6 is 0 Å². The fourth-order valence-corrected chi connectivity index (χ4v) is 1.18. The maximum absolute atomic E-state index is 9.29. The quantitative estimate of drug-likeness (QED) is 0.609. The molecule has 0 saturated heterocycles. The molecule has 1 rings (SSSR count). The number of nitriles is 1. The van der Waals surface area contributed by atoms with E-state index in [1.807, 2.05) is 6.07 Å². The molecule has 94 valence electrons. The van der Waals surface area contributed by atoms with Crippen LogP contribution in [0.1, 0.15) is 13.8 Å². The van der Waals surface area contributed by atoms with Crippen LogP contribution in [0.3, 0.4) is 0 Å². The van der Waals surface area contributed by atoms with E-state index < -0.39 is 5.41 Å². The molecule has 0 fully saturated rings. The van der Waals surface area contributed by atoms with Crippen LogP contribution in [0.25, 0.3) is 0 Å². The molecule has 0 amide bonds. The number of nitrogens with one attached hydrogen (secondary N) is 2. The molecule has 0 aromatic heterocycles. The minimum Gasteiger partial charge on any atom is -0.508 e. The molecule has 0 spiro atoms. The summed E-state index contributed by atoms with van der Waals surface area (Å²) >= 11 is 0.